The molecule has 1 aromatic carbocycles. The van der Waals surface area contributed by atoms with E-state index < -0.39 is 0 Å². The molecule has 0 fully saturated rings. The van der Waals surface area contributed by atoms with Gasteiger partial charge in [-0.15, -0.1) is 0 Å². The van der Waals surface area contributed by atoms with Gasteiger partial charge in [-0.3, -0.25) is 4.68 Å². The summed E-state index contributed by atoms with van der Waals surface area (Å²) in [6, 6.07) is 6.51. The molecule has 3 heteroatoms. The van der Waals surface area contributed by atoms with Crippen molar-refractivity contribution in [2.45, 2.75) is 20.3 Å². The first-order chi connectivity index (χ1) is 8.11. The molecule has 0 unspecified atom stereocenters. The van der Waals surface area contributed by atoms with Crippen LogP contribution in [-0.4, -0.2) is 16.3 Å². The Bertz CT molecular complexity index is 526. The van der Waals surface area contributed by atoms with Crippen LogP contribution in [0.25, 0.3) is 11.1 Å². The minimum Gasteiger partial charge on any atom is -0.330 e. The molecular weight excluding hydrogens is 210 g/mol. The van der Waals surface area contributed by atoms with E-state index in [4.69, 9.17) is 5.73 Å². The average Bonchev–Trinajstić information content (AvgIpc) is 2.60. The van der Waals surface area contributed by atoms with Crippen molar-refractivity contribution in [2.24, 2.45) is 12.8 Å². The number of rotatable bonds is 3. The average molecular weight is 229 g/mol. The monoisotopic (exact) mass is 229 g/mol. The van der Waals surface area contributed by atoms with E-state index in [1.54, 1.807) is 0 Å². The Morgan fingerprint density at radius 2 is 2.00 bits per heavy atom. The van der Waals surface area contributed by atoms with E-state index in [1.807, 2.05) is 11.7 Å². The smallest absolute Gasteiger partial charge is 0.0715 e. The molecule has 17 heavy (non-hydrogen) atoms. The van der Waals surface area contributed by atoms with Gasteiger partial charge >= 0.3 is 0 Å². The Labute approximate surface area is 102 Å². The van der Waals surface area contributed by atoms with E-state index in [0.717, 1.165) is 12.1 Å². The van der Waals surface area contributed by atoms with Crippen LogP contribution in [0, 0.1) is 13.8 Å². The molecule has 2 rings (SSSR count). The molecule has 3 nitrogen and oxygen atoms in total. The molecular formula is C14H19N3. The second kappa shape index (κ2) is 4.72. The third kappa shape index (κ3) is 2.39. The lowest BCUT2D eigenvalue weighted by Gasteiger charge is -2.06. The summed E-state index contributed by atoms with van der Waals surface area (Å²) in [5.41, 5.74) is 11.8. The van der Waals surface area contributed by atoms with Gasteiger partial charge in [-0.2, -0.15) is 5.10 Å². The molecule has 0 amide bonds. The van der Waals surface area contributed by atoms with E-state index in [9.17, 15) is 0 Å². The molecule has 0 aliphatic carbocycles. The van der Waals surface area contributed by atoms with Crippen molar-refractivity contribution in [1.82, 2.24) is 9.78 Å². The van der Waals surface area contributed by atoms with Crippen molar-refractivity contribution in [3.63, 3.8) is 0 Å². The second-order valence-corrected chi connectivity index (χ2v) is 4.52. The van der Waals surface area contributed by atoms with Crippen molar-refractivity contribution in [3.05, 3.63) is 41.2 Å². The summed E-state index contributed by atoms with van der Waals surface area (Å²) in [6.07, 6.45) is 2.89. The summed E-state index contributed by atoms with van der Waals surface area (Å²) in [7, 11) is 1.95. The highest BCUT2D eigenvalue weighted by molar-refractivity contribution is 5.69. The van der Waals surface area contributed by atoms with Gasteiger partial charge in [-0.25, -0.2) is 0 Å². The summed E-state index contributed by atoms with van der Waals surface area (Å²) in [5, 5.41) is 4.48. The number of nitrogens with two attached hydrogens (primary N) is 1. The van der Waals surface area contributed by atoms with Gasteiger partial charge in [0.1, 0.15) is 0 Å². The Morgan fingerprint density at radius 1 is 1.24 bits per heavy atom. The molecule has 2 aromatic rings. The summed E-state index contributed by atoms with van der Waals surface area (Å²) in [6.45, 7) is 4.89. The van der Waals surface area contributed by atoms with E-state index >= 15 is 0 Å². The number of benzene rings is 1. The quantitative estimate of drug-likeness (QED) is 0.877. The molecule has 0 aliphatic rings. The fraction of sp³-hybridized carbons (Fsp3) is 0.357. The van der Waals surface area contributed by atoms with Gasteiger partial charge in [0.05, 0.1) is 5.69 Å². The van der Waals surface area contributed by atoms with Crippen molar-refractivity contribution < 1.29 is 0 Å². The first-order valence-electron chi connectivity index (χ1n) is 5.92. The highest BCUT2D eigenvalue weighted by Gasteiger charge is 2.11. The number of hydrogen-bond acceptors (Lipinski definition) is 2. The molecule has 0 aliphatic heterocycles. The van der Waals surface area contributed by atoms with Crippen molar-refractivity contribution in [2.75, 3.05) is 6.54 Å². The normalized spacial score (nSPS) is 10.8. The second-order valence-electron chi connectivity index (χ2n) is 4.52. The van der Waals surface area contributed by atoms with Gasteiger partial charge < -0.3 is 5.73 Å². The van der Waals surface area contributed by atoms with Gasteiger partial charge in [0, 0.05) is 25.2 Å². The highest BCUT2D eigenvalue weighted by Crippen LogP contribution is 2.27. The van der Waals surface area contributed by atoms with Crippen LogP contribution in [0.3, 0.4) is 0 Å². The largest absolute Gasteiger partial charge is 0.330 e. The lowest BCUT2D eigenvalue weighted by atomic mass is 9.98. The first kappa shape index (κ1) is 11.9. The van der Waals surface area contributed by atoms with Crippen LogP contribution in [-0.2, 0) is 13.5 Å². The maximum atomic E-state index is 5.63. The number of hydrogen-bond donors (Lipinski definition) is 1. The van der Waals surface area contributed by atoms with Gasteiger partial charge in [0.15, 0.2) is 0 Å². The third-order valence-corrected chi connectivity index (χ3v) is 2.96. The van der Waals surface area contributed by atoms with Gasteiger partial charge in [-0.05, 0) is 31.5 Å². The summed E-state index contributed by atoms with van der Waals surface area (Å²) >= 11 is 0. The Kier molecular flexibility index (Phi) is 3.29. The molecule has 90 valence electrons. The predicted molar refractivity (Wildman–Crippen MR) is 70.9 cm³/mol. The van der Waals surface area contributed by atoms with Crippen molar-refractivity contribution in [1.29, 1.82) is 0 Å². The molecule has 2 N–H and O–H groups in total. The molecule has 0 saturated carbocycles. The zero-order valence-electron chi connectivity index (χ0n) is 10.7. The first-order valence-corrected chi connectivity index (χ1v) is 5.92. The zero-order chi connectivity index (χ0) is 12.4. The Balaban J connectivity index is 2.51. The topological polar surface area (TPSA) is 43.8 Å². The van der Waals surface area contributed by atoms with Crippen LogP contribution in [0.2, 0.25) is 0 Å². The fourth-order valence-electron chi connectivity index (χ4n) is 2.20. The van der Waals surface area contributed by atoms with Crippen molar-refractivity contribution >= 4 is 0 Å². The minimum absolute atomic E-state index is 0.634. The lowest BCUT2D eigenvalue weighted by molar-refractivity contribution is 0.739. The van der Waals surface area contributed by atoms with Crippen LogP contribution >= 0.6 is 0 Å². The maximum absolute atomic E-state index is 5.63. The third-order valence-electron chi connectivity index (χ3n) is 2.96. The van der Waals surface area contributed by atoms with Crippen LogP contribution < -0.4 is 5.73 Å². The van der Waals surface area contributed by atoms with E-state index in [0.29, 0.717) is 6.54 Å². The predicted octanol–water partition coefficient (Wildman–Crippen LogP) is 2.21. The molecule has 0 atom stereocenters. The van der Waals surface area contributed by atoms with Crippen LogP contribution in [0.4, 0.5) is 0 Å². The molecule has 1 heterocycles. The van der Waals surface area contributed by atoms with E-state index in [2.05, 4.69) is 43.3 Å². The molecule has 0 bridgehead atoms. The van der Waals surface area contributed by atoms with Crippen LogP contribution in [0.15, 0.2) is 24.4 Å². The van der Waals surface area contributed by atoms with Crippen molar-refractivity contribution in [3.8, 4) is 11.1 Å². The highest BCUT2D eigenvalue weighted by atomic mass is 15.2. The number of nitrogens with zero attached hydrogens (tertiary/aromatic N) is 2. The maximum Gasteiger partial charge on any atom is 0.0715 e. The number of aryl methyl sites for hydroxylation is 3. The molecule has 1 aromatic heterocycles. The lowest BCUT2D eigenvalue weighted by Crippen LogP contribution is -2.04. The van der Waals surface area contributed by atoms with Gasteiger partial charge in [0.25, 0.3) is 0 Å². The standard InChI is InChI=1S/C14H19N3/c1-10-4-5-12(11(2)8-10)13-9-17(3)16-14(13)6-7-15/h4-5,8-9H,6-7,15H2,1-3H3. The van der Waals surface area contributed by atoms with Crippen LogP contribution in [0.1, 0.15) is 16.8 Å². The van der Waals surface area contributed by atoms with E-state index in [-0.39, 0.29) is 0 Å². The Morgan fingerprint density at radius 3 is 2.65 bits per heavy atom. The van der Waals surface area contributed by atoms with E-state index in [1.165, 1.54) is 22.3 Å². The fourth-order valence-corrected chi connectivity index (χ4v) is 2.20. The molecule has 0 spiro atoms. The molecule has 0 radical (unpaired) electrons. The Hall–Kier alpha value is -1.61. The van der Waals surface area contributed by atoms with Gasteiger partial charge in [-0.1, -0.05) is 23.8 Å². The van der Waals surface area contributed by atoms with Crippen LogP contribution in [0.5, 0.6) is 0 Å². The summed E-state index contributed by atoms with van der Waals surface area (Å²) < 4.78 is 1.86. The summed E-state index contributed by atoms with van der Waals surface area (Å²) in [4.78, 5) is 0. The number of aromatic nitrogens is 2. The van der Waals surface area contributed by atoms with Gasteiger partial charge in [0.2, 0.25) is 0 Å². The SMILES string of the molecule is Cc1ccc(-c2cn(C)nc2CCN)c(C)c1. The summed E-state index contributed by atoms with van der Waals surface area (Å²) in [5.74, 6) is 0. The molecule has 0 saturated heterocycles. The zero-order valence-corrected chi connectivity index (χ0v) is 10.7. The minimum atomic E-state index is 0.634.